The molecule has 8 heteroatoms. The zero-order valence-electron chi connectivity index (χ0n) is 11.7. The monoisotopic (exact) mass is 301 g/mol. The molecule has 0 aliphatic heterocycles. The van der Waals surface area contributed by atoms with Crippen molar-refractivity contribution in [2.45, 2.75) is 25.8 Å². The summed E-state index contributed by atoms with van der Waals surface area (Å²) in [5.41, 5.74) is -0.410. The largest absolute Gasteiger partial charge is 0.476 e. The second kappa shape index (κ2) is 7.20. The minimum absolute atomic E-state index is 0.0377. The van der Waals surface area contributed by atoms with E-state index in [0.717, 1.165) is 0 Å². The average molecular weight is 301 g/mol. The van der Waals surface area contributed by atoms with E-state index >= 15 is 0 Å². The fraction of sp³-hybridized carbons (Fsp3) is 0.583. The Hall–Kier alpha value is -1.67. The minimum Gasteiger partial charge on any atom is -0.476 e. The fourth-order valence-electron chi connectivity index (χ4n) is 1.56. The number of carboxylic acids is 1. The molecule has 112 valence electrons. The number of ether oxygens (including phenoxy) is 1. The Balaban J connectivity index is 2.33. The van der Waals surface area contributed by atoms with E-state index in [2.05, 4.69) is 15.6 Å². The summed E-state index contributed by atoms with van der Waals surface area (Å²) in [6.07, 6.45) is 0.496. The first-order chi connectivity index (χ1) is 9.34. The second-order valence-corrected chi connectivity index (χ2v) is 5.82. The molecule has 0 saturated heterocycles. The van der Waals surface area contributed by atoms with E-state index in [1.54, 1.807) is 7.11 Å². The summed E-state index contributed by atoms with van der Waals surface area (Å²) in [6.45, 7) is 4.52. The van der Waals surface area contributed by atoms with Crippen LogP contribution < -0.4 is 10.6 Å². The molecule has 0 aliphatic rings. The maximum Gasteiger partial charge on any atom is 0.355 e. The van der Waals surface area contributed by atoms with Crippen molar-refractivity contribution in [3.05, 3.63) is 16.1 Å². The van der Waals surface area contributed by atoms with Gasteiger partial charge in [-0.15, -0.1) is 11.3 Å². The van der Waals surface area contributed by atoms with Crippen molar-refractivity contribution in [3.8, 4) is 0 Å². The van der Waals surface area contributed by atoms with Gasteiger partial charge in [-0.25, -0.2) is 14.6 Å². The Bertz CT molecular complexity index is 473. The summed E-state index contributed by atoms with van der Waals surface area (Å²) >= 11 is 1.27. The first-order valence-electron chi connectivity index (χ1n) is 6.07. The molecule has 7 nitrogen and oxygen atoms in total. The standard InChI is InChI=1S/C12H19N3O4S/c1-12(2,7-19-3)15-11(18)13-5-4-9-14-8(6-20-9)10(16)17/h6H,4-5,7H2,1-3H3,(H,16,17)(H2,13,15,18). The summed E-state index contributed by atoms with van der Waals surface area (Å²) in [7, 11) is 1.57. The molecule has 0 fully saturated rings. The first kappa shape index (κ1) is 16.4. The van der Waals surface area contributed by atoms with Gasteiger partial charge in [0.1, 0.15) is 0 Å². The molecule has 0 aromatic carbocycles. The van der Waals surface area contributed by atoms with E-state index in [1.165, 1.54) is 16.7 Å². The van der Waals surface area contributed by atoms with Gasteiger partial charge in [0, 0.05) is 25.5 Å². The molecule has 3 N–H and O–H groups in total. The number of amides is 2. The number of rotatable bonds is 7. The highest BCUT2D eigenvalue weighted by Crippen LogP contribution is 2.09. The lowest BCUT2D eigenvalue weighted by atomic mass is 10.1. The highest BCUT2D eigenvalue weighted by Gasteiger charge is 2.19. The number of hydrogen-bond donors (Lipinski definition) is 3. The smallest absolute Gasteiger partial charge is 0.355 e. The molecule has 0 radical (unpaired) electrons. The molecule has 0 spiro atoms. The highest BCUT2D eigenvalue weighted by molar-refractivity contribution is 7.09. The molecule has 0 bridgehead atoms. The summed E-state index contributed by atoms with van der Waals surface area (Å²) in [4.78, 5) is 26.3. The van der Waals surface area contributed by atoms with Gasteiger partial charge in [-0.05, 0) is 13.8 Å². The third-order valence-corrected chi connectivity index (χ3v) is 3.26. The number of thiazole rings is 1. The Labute approximate surface area is 121 Å². The van der Waals surface area contributed by atoms with Gasteiger partial charge in [0.05, 0.1) is 17.2 Å². The van der Waals surface area contributed by atoms with E-state index in [-0.39, 0.29) is 11.7 Å². The summed E-state index contributed by atoms with van der Waals surface area (Å²) in [5, 5.41) is 16.4. The molecular formula is C12H19N3O4S. The number of urea groups is 1. The summed E-state index contributed by atoms with van der Waals surface area (Å²) < 4.78 is 5.00. The third-order valence-electron chi connectivity index (χ3n) is 2.35. The van der Waals surface area contributed by atoms with Crippen LogP contribution in [0.15, 0.2) is 5.38 Å². The molecule has 1 aromatic heterocycles. The van der Waals surface area contributed by atoms with Crippen molar-refractivity contribution in [1.29, 1.82) is 0 Å². The topological polar surface area (TPSA) is 101 Å². The summed E-state index contributed by atoms with van der Waals surface area (Å²) in [6, 6.07) is -0.290. The molecule has 0 atom stereocenters. The molecular weight excluding hydrogens is 282 g/mol. The molecule has 0 saturated carbocycles. The number of methoxy groups -OCH3 is 1. The lowest BCUT2D eigenvalue weighted by Gasteiger charge is -2.25. The van der Waals surface area contributed by atoms with Crippen LogP contribution in [0.2, 0.25) is 0 Å². The number of carbonyl (C=O) groups excluding carboxylic acids is 1. The molecule has 20 heavy (non-hydrogen) atoms. The molecule has 0 aliphatic carbocycles. The SMILES string of the molecule is COCC(C)(C)NC(=O)NCCc1nc(C(=O)O)cs1. The first-order valence-corrected chi connectivity index (χ1v) is 6.94. The predicted octanol–water partition coefficient (Wildman–Crippen LogP) is 1.11. The fourth-order valence-corrected chi connectivity index (χ4v) is 2.33. The Morgan fingerprint density at radius 3 is 2.75 bits per heavy atom. The Morgan fingerprint density at radius 1 is 1.50 bits per heavy atom. The van der Waals surface area contributed by atoms with Crippen molar-refractivity contribution in [3.63, 3.8) is 0 Å². The van der Waals surface area contributed by atoms with Crippen LogP contribution in [0.3, 0.4) is 0 Å². The number of aromatic nitrogens is 1. The van der Waals surface area contributed by atoms with E-state index in [0.29, 0.717) is 24.6 Å². The van der Waals surface area contributed by atoms with Crippen molar-refractivity contribution in [1.82, 2.24) is 15.6 Å². The second-order valence-electron chi connectivity index (χ2n) is 4.88. The predicted molar refractivity (Wildman–Crippen MR) is 75.3 cm³/mol. The summed E-state index contributed by atoms with van der Waals surface area (Å²) in [5.74, 6) is -1.04. The molecule has 0 unspecified atom stereocenters. The molecule has 1 aromatic rings. The number of aromatic carboxylic acids is 1. The molecule has 1 heterocycles. The lowest BCUT2D eigenvalue weighted by molar-refractivity contribution is 0.0691. The maximum absolute atomic E-state index is 11.6. The van der Waals surface area contributed by atoms with Crippen LogP contribution in [0.25, 0.3) is 0 Å². The van der Waals surface area contributed by atoms with Gasteiger partial charge in [0.2, 0.25) is 0 Å². The van der Waals surface area contributed by atoms with Gasteiger partial charge in [0.25, 0.3) is 0 Å². The van der Waals surface area contributed by atoms with Gasteiger partial charge in [-0.2, -0.15) is 0 Å². The molecule has 1 rings (SSSR count). The van der Waals surface area contributed by atoms with E-state index in [4.69, 9.17) is 9.84 Å². The van der Waals surface area contributed by atoms with Crippen molar-refractivity contribution in [2.75, 3.05) is 20.3 Å². The number of carboxylic acid groups (broad SMARTS) is 1. The third kappa shape index (κ3) is 5.54. The lowest BCUT2D eigenvalue weighted by Crippen LogP contribution is -2.51. The Kier molecular flexibility index (Phi) is 5.90. The average Bonchev–Trinajstić information content (AvgIpc) is 2.76. The number of nitrogens with one attached hydrogen (secondary N) is 2. The van der Waals surface area contributed by atoms with Crippen LogP contribution in [0.4, 0.5) is 4.79 Å². The zero-order chi connectivity index (χ0) is 15.2. The van der Waals surface area contributed by atoms with E-state index in [9.17, 15) is 9.59 Å². The van der Waals surface area contributed by atoms with Crippen LogP contribution in [0.1, 0.15) is 29.3 Å². The number of carbonyl (C=O) groups is 2. The van der Waals surface area contributed by atoms with Gasteiger partial charge in [-0.3, -0.25) is 0 Å². The van der Waals surface area contributed by atoms with Crippen LogP contribution in [0.5, 0.6) is 0 Å². The van der Waals surface area contributed by atoms with Gasteiger partial charge >= 0.3 is 12.0 Å². The van der Waals surface area contributed by atoms with Crippen molar-refractivity contribution >= 4 is 23.3 Å². The quantitative estimate of drug-likeness (QED) is 0.700. The van der Waals surface area contributed by atoms with Gasteiger partial charge < -0.3 is 20.5 Å². The van der Waals surface area contributed by atoms with Gasteiger partial charge in [-0.1, -0.05) is 0 Å². The maximum atomic E-state index is 11.6. The molecule has 2 amide bonds. The van der Waals surface area contributed by atoms with Crippen LogP contribution in [-0.2, 0) is 11.2 Å². The zero-order valence-corrected chi connectivity index (χ0v) is 12.5. The van der Waals surface area contributed by atoms with Crippen LogP contribution >= 0.6 is 11.3 Å². The number of hydrogen-bond acceptors (Lipinski definition) is 5. The van der Waals surface area contributed by atoms with Crippen LogP contribution in [0, 0.1) is 0 Å². The Morgan fingerprint density at radius 2 is 2.20 bits per heavy atom. The van der Waals surface area contributed by atoms with E-state index in [1.807, 2.05) is 13.8 Å². The van der Waals surface area contributed by atoms with Crippen LogP contribution in [-0.4, -0.2) is 47.9 Å². The van der Waals surface area contributed by atoms with Crippen molar-refractivity contribution < 1.29 is 19.4 Å². The van der Waals surface area contributed by atoms with Gasteiger partial charge in [0.15, 0.2) is 5.69 Å². The van der Waals surface area contributed by atoms with E-state index < -0.39 is 11.5 Å². The highest BCUT2D eigenvalue weighted by atomic mass is 32.1. The van der Waals surface area contributed by atoms with Crippen molar-refractivity contribution in [2.24, 2.45) is 0 Å². The number of nitrogens with zero attached hydrogens (tertiary/aromatic N) is 1. The normalized spacial score (nSPS) is 11.2. The minimum atomic E-state index is -1.04.